The Balaban J connectivity index is 1.61. The molecular formula is C14H17NO2. The Hall–Kier alpha value is -1.35. The van der Waals surface area contributed by atoms with Crippen LogP contribution < -0.4 is 0 Å². The molecular weight excluding hydrogens is 214 g/mol. The van der Waals surface area contributed by atoms with E-state index in [1.165, 1.54) is 5.56 Å². The van der Waals surface area contributed by atoms with Gasteiger partial charge < -0.3 is 4.74 Å². The van der Waals surface area contributed by atoms with Crippen LogP contribution in [-0.2, 0) is 16.1 Å². The zero-order valence-electron chi connectivity index (χ0n) is 9.84. The smallest absolute Gasteiger partial charge is 0.306 e. The van der Waals surface area contributed by atoms with Gasteiger partial charge in [-0.2, -0.15) is 0 Å². The van der Waals surface area contributed by atoms with Crippen LogP contribution in [0.1, 0.15) is 18.4 Å². The van der Waals surface area contributed by atoms with E-state index in [9.17, 15) is 4.79 Å². The normalized spacial score (nSPS) is 28.8. The topological polar surface area (TPSA) is 29.5 Å². The summed E-state index contributed by atoms with van der Waals surface area (Å²) in [4.78, 5) is 13.6. The number of hydrogen-bond donors (Lipinski definition) is 0. The van der Waals surface area contributed by atoms with Crippen LogP contribution in [0.2, 0.25) is 0 Å². The summed E-state index contributed by atoms with van der Waals surface area (Å²) in [5, 5.41) is 0. The van der Waals surface area contributed by atoms with E-state index in [1.54, 1.807) is 0 Å². The summed E-state index contributed by atoms with van der Waals surface area (Å²) in [6.07, 6.45) is 1.85. The molecule has 1 aromatic rings. The van der Waals surface area contributed by atoms with E-state index >= 15 is 0 Å². The van der Waals surface area contributed by atoms with Gasteiger partial charge in [-0.1, -0.05) is 30.3 Å². The Morgan fingerprint density at radius 1 is 1.29 bits per heavy atom. The summed E-state index contributed by atoms with van der Waals surface area (Å²) in [5.74, 6) is 0.455. The number of carbonyl (C=O) groups excluding carboxylic acids is 1. The van der Waals surface area contributed by atoms with Gasteiger partial charge in [0.15, 0.2) is 0 Å². The molecule has 2 aliphatic heterocycles. The number of piperidine rings is 1. The minimum Gasteiger partial charge on any atom is -0.461 e. The van der Waals surface area contributed by atoms with Crippen molar-refractivity contribution in [1.82, 2.24) is 4.90 Å². The molecule has 2 heterocycles. The van der Waals surface area contributed by atoms with Crippen LogP contribution in [0.5, 0.6) is 0 Å². The van der Waals surface area contributed by atoms with Gasteiger partial charge >= 0.3 is 5.97 Å². The number of carbonyl (C=O) groups is 1. The Morgan fingerprint density at radius 2 is 2.12 bits per heavy atom. The predicted octanol–water partition coefficient (Wildman–Crippen LogP) is 1.82. The second-order valence-corrected chi connectivity index (χ2v) is 5.00. The van der Waals surface area contributed by atoms with Crippen molar-refractivity contribution in [2.45, 2.75) is 25.5 Å². The summed E-state index contributed by atoms with van der Waals surface area (Å²) in [7, 11) is 0. The van der Waals surface area contributed by atoms with Crippen molar-refractivity contribution in [2.75, 3.05) is 13.1 Å². The summed E-state index contributed by atoms with van der Waals surface area (Å²) in [5.41, 5.74) is 1.33. The molecule has 3 heteroatoms. The zero-order chi connectivity index (χ0) is 11.7. The second-order valence-electron chi connectivity index (χ2n) is 5.00. The molecule has 0 N–H and O–H groups in total. The molecule has 2 fully saturated rings. The minimum absolute atomic E-state index is 0.0124. The minimum atomic E-state index is -0.0124. The maximum atomic E-state index is 11.2. The second kappa shape index (κ2) is 4.49. The number of rotatable bonds is 2. The quantitative estimate of drug-likeness (QED) is 0.727. The van der Waals surface area contributed by atoms with Crippen LogP contribution >= 0.6 is 0 Å². The number of likely N-dealkylation sites (tertiary alicyclic amines) is 1. The van der Waals surface area contributed by atoms with E-state index in [0.717, 1.165) is 26.1 Å². The van der Waals surface area contributed by atoms with Crippen molar-refractivity contribution in [1.29, 1.82) is 0 Å². The third kappa shape index (κ3) is 2.34. The van der Waals surface area contributed by atoms with Gasteiger partial charge in [0.1, 0.15) is 6.10 Å². The lowest BCUT2D eigenvalue weighted by Crippen LogP contribution is -2.41. The average molecular weight is 231 g/mol. The summed E-state index contributed by atoms with van der Waals surface area (Å²) in [6, 6.07) is 10.5. The zero-order valence-corrected chi connectivity index (χ0v) is 9.84. The molecule has 0 radical (unpaired) electrons. The predicted molar refractivity (Wildman–Crippen MR) is 64.3 cm³/mol. The number of fused-ring (bicyclic) bond motifs is 1. The number of hydrogen-bond acceptors (Lipinski definition) is 3. The highest BCUT2D eigenvalue weighted by atomic mass is 16.6. The van der Waals surface area contributed by atoms with E-state index in [4.69, 9.17) is 4.74 Å². The molecule has 2 atom stereocenters. The van der Waals surface area contributed by atoms with Crippen molar-refractivity contribution in [3.63, 3.8) is 0 Å². The molecule has 90 valence electrons. The first-order chi connectivity index (χ1) is 8.31. The number of nitrogens with zero attached hydrogens (tertiary/aromatic N) is 1. The SMILES string of the molecule is O=C1C[C@@H]2CCN(Cc3ccccc3)C[C@@H]2O1. The third-order valence-electron chi connectivity index (χ3n) is 3.74. The Kier molecular flexibility index (Phi) is 2.85. The molecule has 3 rings (SSSR count). The van der Waals surface area contributed by atoms with Crippen molar-refractivity contribution in [3.05, 3.63) is 35.9 Å². The summed E-state index contributed by atoms with van der Waals surface area (Å²) < 4.78 is 5.35. The van der Waals surface area contributed by atoms with Gasteiger partial charge in [-0.25, -0.2) is 0 Å². The molecule has 0 aromatic heterocycles. The van der Waals surface area contributed by atoms with Crippen LogP contribution in [0.4, 0.5) is 0 Å². The van der Waals surface area contributed by atoms with E-state index in [2.05, 4.69) is 29.2 Å². The Morgan fingerprint density at radius 3 is 2.94 bits per heavy atom. The lowest BCUT2D eigenvalue weighted by Gasteiger charge is -2.33. The Labute approximate surface area is 101 Å². The van der Waals surface area contributed by atoms with Gasteiger partial charge in [0, 0.05) is 19.0 Å². The van der Waals surface area contributed by atoms with Gasteiger partial charge in [0.2, 0.25) is 0 Å². The van der Waals surface area contributed by atoms with Crippen LogP contribution in [0.25, 0.3) is 0 Å². The molecule has 0 aliphatic carbocycles. The highest BCUT2D eigenvalue weighted by Crippen LogP contribution is 2.30. The molecule has 0 saturated carbocycles. The first-order valence-electron chi connectivity index (χ1n) is 6.27. The van der Waals surface area contributed by atoms with Crippen LogP contribution in [0, 0.1) is 5.92 Å². The Bertz CT molecular complexity index is 404. The molecule has 2 aliphatic rings. The first-order valence-corrected chi connectivity index (χ1v) is 6.27. The van der Waals surface area contributed by atoms with Crippen LogP contribution in [0.15, 0.2) is 30.3 Å². The lowest BCUT2D eigenvalue weighted by molar-refractivity contribution is -0.142. The molecule has 0 bridgehead atoms. The fourth-order valence-electron chi connectivity index (χ4n) is 2.81. The lowest BCUT2D eigenvalue weighted by atomic mass is 9.93. The van der Waals surface area contributed by atoms with Crippen LogP contribution in [0.3, 0.4) is 0 Å². The van der Waals surface area contributed by atoms with Crippen LogP contribution in [-0.4, -0.2) is 30.1 Å². The van der Waals surface area contributed by atoms with Gasteiger partial charge in [-0.3, -0.25) is 9.69 Å². The molecule has 1 aromatic carbocycles. The van der Waals surface area contributed by atoms with Crippen molar-refractivity contribution >= 4 is 5.97 Å². The van der Waals surface area contributed by atoms with E-state index in [-0.39, 0.29) is 12.1 Å². The van der Waals surface area contributed by atoms with E-state index < -0.39 is 0 Å². The molecule has 3 nitrogen and oxygen atoms in total. The van der Waals surface area contributed by atoms with Gasteiger partial charge in [0.25, 0.3) is 0 Å². The van der Waals surface area contributed by atoms with E-state index in [0.29, 0.717) is 12.3 Å². The first kappa shape index (κ1) is 10.8. The number of benzene rings is 1. The number of esters is 1. The van der Waals surface area contributed by atoms with Crippen molar-refractivity contribution < 1.29 is 9.53 Å². The van der Waals surface area contributed by atoms with Gasteiger partial charge in [-0.15, -0.1) is 0 Å². The summed E-state index contributed by atoms with van der Waals surface area (Å²) >= 11 is 0. The third-order valence-corrected chi connectivity index (χ3v) is 3.74. The molecule has 0 unspecified atom stereocenters. The summed E-state index contributed by atoms with van der Waals surface area (Å²) in [6.45, 7) is 2.93. The highest BCUT2D eigenvalue weighted by Gasteiger charge is 2.38. The molecule has 2 saturated heterocycles. The average Bonchev–Trinajstić information content (AvgIpc) is 2.70. The fourth-order valence-corrected chi connectivity index (χ4v) is 2.81. The molecule has 0 spiro atoms. The maximum absolute atomic E-state index is 11.2. The number of ether oxygens (including phenoxy) is 1. The standard InChI is InChI=1S/C14H17NO2/c16-14-8-12-6-7-15(10-13(12)17-14)9-11-4-2-1-3-5-11/h1-5,12-13H,6-10H2/t12-,13-/m0/s1. The fraction of sp³-hybridized carbons (Fsp3) is 0.500. The molecule has 0 amide bonds. The van der Waals surface area contributed by atoms with Crippen molar-refractivity contribution in [2.24, 2.45) is 5.92 Å². The molecule has 17 heavy (non-hydrogen) atoms. The van der Waals surface area contributed by atoms with E-state index in [1.807, 2.05) is 6.07 Å². The maximum Gasteiger partial charge on any atom is 0.306 e. The largest absolute Gasteiger partial charge is 0.461 e. The van der Waals surface area contributed by atoms with Gasteiger partial charge in [-0.05, 0) is 18.5 Å². The van der Waals surface area contributed by atoms with Gasteiger partial charge in [0.05, 0.1) is 6.42 Å². The highest BCUT2D eigenvalue weighted by molar-refractivity contribution is 5.72. The van der Waals surface area contributed by atoms with Crippen molar-refractivity contribution in [3.8, 4) is 0 Å². The monoisotopic (exact) mass is 231 g/mol.